The molecule has 0 aromatic heterocycles. The second kappa shape index (κ2) is 8.64. The van der Waals surface area contributed by atoms with Crippen LogP contribution in [0.4, 0.5) is 0 Å². The summed E-state index contributed by atoms with van der Waals surface area (Å²) in [5.41, 5.74) is 3.35. The zero-order valence-electron chi connectivity index (χ0n) is 16.2. The molecule has 1 aliphatic carbocycles. The summed E-state index contributed by atoms with van der Waals surface area (Å²) in [6.45, 7) is 6.27. The summed E-state index contributed by atoms with van der Waals surface area (Å²) < 4.78 is 6.00. The Hall–Kier alpha value is -2.23. The fraction of sp³-hybridized carbons (Fsp3) is 0.522. The predicted octanol–water partition coefficient (Wildman–Crippen LogP) is 5.71. The Labute approximate surface area is 161 Å². The van der Waals surface area contributed by atoms with Crippen LogP contribution in [0.5, 0.6) is 11.5 Å². The van der Waals surface area contributed by atoms with Crippen molar-refractivity contribution >= 4 is 5.97 Å². The summed E-state index contributed by atoms with van der Waals surface area (Å²) in [6, 6.07) is 3.94. The van der Waals surface area contributed by atoms with Gasteiger partial charge in [-0.2, -0.15) is 0 Å². The van der Waals surface area contributed by atoms with Crippen molar-refractivity contribution in [3.8, 4) is 11.5 Å². The fourth-order valence-electron chi connectivity index (χ4n) is 4.30. The molecule has 0 spiro atoms. The van der Waals surface area contributed by atoms with E-state index in [0.29, 0.717) is 5.75 Å². The minimum absolute atomic E-state index is 0.165. The van der Waals surface area contributed by atoms with Crippen LogP contribution in [0.3, 0.4) is 0 Å². The molecule has 146 valence electrons. The molecule has 0 amide bonds. The number of unbranched alkanes of at least 4 members (excludes halogenated alkanes) is 4. The number of allylic oxidation sites excluding steroid dienone is 3. The molecule has 2 N–H and O–H groups in total. The highest BCUT2D eigenvalue weighted by atomic mass is 16.5. The Kier molecular flexibility index (Phi) is 6.25. The van der Waals surface area contributed by atoms with Gasteiger partial charge in [-0.25, -0.2) is 0 Å². The Bertz CT molecular complexity index is 747. The summed E-state index contributed by atoms with van der Waals surface area (Å²) in [4.78, 5) is 10.5. The third kappa shape index (κ3) is 4.74. The van der Waals surface area contributed by atoms with E-state index in [1.807, 2.05) is 6.07 Å². The van der Waals surface area contributed by atoms with Gasteiger partial charge in [-0.3, -0.25) is 4.79 Å². The molecule has 3 rings (SSSR count). The minimum Gasteiger partial charge on any atom is -0.507 e. The summed E-state index contributed by atoms with van der Waals surface area (Å²) in [5.74, 6) is 1.60. The van der Waals surface area contributed by atoms with E-state index < -0.39 is 5.97 Å². The van der Waals surface area contributed by atoms with Crippen LogP contribution in [0.1, 0.15) is 75.3 Å². The molecule has 0 unspecified atom stereocenters. The van der Waals surface area contributed by atoms with Crippen molar-refractivity contribution in [2.24, 2.45) is 5.92 Å². The Morgan fingerprint density at radius 1 is 1.22 bits per heavy atom. The number of carboxylic acid groups (broad SMARTS) is 1. The quantitative estimate of drug-likeness (QED) is 0.454. The number of hydrogen-bond donors (Lipinski definition) is 2. The minimum atomic E-state index is -0.716. The molecular weight excluding hydrogens is 340 g/mol. The van der Waals surface area contributed by atoms with Crippen LogP contribution in [0.15, 0.2) is 36.1 Å². The van der Waals surface area contributed by atoms with Crippen LogP contribution < -0.4 is 4.74 Å². The van der Waals surface area contributed by atoms with Crippen molar-refractivity contribution in [3.63, 3.8) is 0 Å². The monoisotopic (exact) mass is 370 g/mol. The molecule has 4 heteroatoms. The molecule has 2 aliphatic rings. The molecule has 0 saturated heterocycles. The summed E-state index contributed by atoms with van der Waals surface area (Å²) in [7, 11) is 0. The number of rotatable bonds is 8. The van der Waals surface area contributed by atoms with Gasteiger partial charge in [-0.15, -0.1) is 0 Å². The normalized spacial score (nSPS) is 21.1. The van der Waals surface area contributed by atoms with E-state index in [2.05, 4.69) is 25.6 Å². The zero-order chi connectivity index (χ0) is 19.4. The van der Waals surface area contributed by atoms with Gasteiger partial charge in [0.2, 0.25) is 0 Å². The number of phenols is 1. The van der Waals surface area contributed by atoms with Gasteiger partial charge in [0.1, 0.15) is 17.3 Å². The highest BCUT2D eigenvalue weighted by molar-refractivity contribution is 5.66. The van der Waals surface area contributed by atoms with Crippen molar-refractivity contribution in [1.29, 1.82) is 0 Å². The van der Waals surface area contributed by atoms with Gasteiger partial charge in [-0.1, -0.05) is 37.5 Å². The molecule has 27 heavy (non-hydrogen) atoms. The zero-order valence-corrected chi connectivity index (χ0v) is 16.2. The van der Waals surface area contributed by atoms with E-state index in [-0.39, 0.29) is 18.3 Å². The van der Waals surface area contributed by atoms with Crippen molar-refractivity contribution in [3.05, 3.63) is 47.2 Å². The van der Waals surface area contributed by atoms with E-state index in [1.165, 1.54) is 5.57 Å². The average molecular weight is 370 g/mol. The van der Waals surface area contributed by atoms with Gasteiger partial charge in [0.05, 0.1) is 0 Å². The fourth-order valence-corrected chi connectivity index (χ4v) is 4.30. The number of aliphatic carboxylic acids is 1. The molecule has 0 bridgehead atoms. The number of carbonyl (C=O) groups is 1. The van der Waals surface area contributed by atoms with Gasteiger partial charge in [-0.05, 0) is 56.7 Å². The SMILES string of the molecule is C=C1Oc2cc(CCCCCCCC(=O)O)cc(O)c2[C@@H]2C=C(C)CC[C@@H]12. The van der Waals surface area contributed by atoms with Gasteiger partial charge >= 0.3 is 5.97 Å². The topological polar surface area (TPSA) is 66.8 Å². The maximum atomic E-state index is 10.7. The van der Waals surface area contributed by atoms with E-state index >= 15 is 0 Å². The van der Waals surface area contributed by atoms with Crippen LogP contribution in [-0.2, 0) is 11.2 Å². The number of phenolic OH excluding ortho intramolecular Hbond substituents is 1. The average Bonchev–Trinajstić information content (AvgIpc) is 2.60. The lowest BCUT2D eigenvalue weighted by Gasteiger charge is -2.37. The van der Waals surface area contributed by atoms with E-state index in [0.717, 1.165) is 74.0 Å². The standard InChI is InChI=1S/C23H30O4/c1-15-10-11-18-16(2)27-21-14-17(13-20(24)23(21)19(18)12-15)8-6-4-3-5-7-9-22(25)26/h12-14,18-19,24H,2-11H2,1H3,(H,25,26)/t18-,19+/m0/s1. The number of aryl methyl sites for hydroxylation is 1. The van der Waals surface area contributed by atoms with Gasteiger partial charge in [0.15, 0.2) is 0 Å². The first-order valence-corrected chi connectivity index (χ1v) is 10.1. The Morgan fingerprint density at radius 3 is 2.74 bits per heavy atom. The first-order valence-electron chi connectivity index (χ1n) is 10.1. The maximum Gasteiger partial charge on any atom is 0.303 e. The molecule has 1 heterocycles. The molecule has 2 atom stereocenters. The maximum absolute atomic E-state index is 10.7. The van der Waals surface area contributed by atoms with Crippen molar-refractivity contribution in [2.75, 3.05) is 0 Å². The molecule has 0 radical (unpaired) electrons. The highest BCUT2D eigenvalue weighted by Gasteiger charge is 2.36. The van der Waals surface area contributed by atoms with E-state index in [1.54, 1.807) is 0 Å². The van der Waals surface area contributed by atoms with Crippen LogP contribution in [-0.4, -0.2) is 16.2 Å². The number of fused-ring (bicyclic) bond motifs is 3. The third-order valence-corrected chi connectivity index (χ3v) is 5.77. The summed E-state index contributed by atoms with van der Waals surface area (Å²) in [6.07, 6.45) is 10.3. The molecule has 1 aromatic carbocycles. The first kappa shape index (κ1) is 19.5. The summed E-state index contributed by atoms with van der Waals surface area (Å²) in [5, 5.41) is 19.3. The van der Waals surface area contributed by atoms with Crippen molar-refractivity contribution in [1.82, 2.24) is 0 Å². The molecule has 4 nitrogen and oxygen atoms in total. The number of ether oxygens (including phenoxy) is 1. The van der Waals surface area contributed by atoms with Crippen LogP contribution in [0.2, 0.25) is 0 Å². The van der Waals surface area contributed by atoms with Gasteiger partial charge in [0, 0.05) is 23.8 Å². The molecule has 0 fully saturated rings. The van der Waals surface area contributed by atoms with Gasteiger partial charge in [0.25, 0.3) is 0 Å². The van der Waals surface area contributed by atoms with E-state index in [4.69, 9.17) is 9.84 Å². The van der Waals surface area contributed by atoms with Crippen molar-refractivity contribution < 1.29 is 19.7 Å². The molecular formula is C23H30O4. The Balaban J connectivity index is 1.61. The lowest BCUT2D eigenvalue weighted by atomic mass is 9.74. The number of carboxylic acids is 1. The predicted molar refractivity (Wildman–Crippen MR) is 106 cm³/mol. The number of aromatic hydroxyl groups is 1. The molecule has 1 aliphatic heterocycles. The first-order chi connectivity index (χ1) is 13.0. The lowest BCUT2D eigenvalue weighted by molar-refractivity contribution is -0.137. The molecule has 1 aromatic rings. The van der Waals surface area contributed by atoms with Crippen LogP contribution >= 0.6 is 0 Å². The lowest BCUT2D eigenvalue weighted by Crippen LogP contribution is -2.25. The Morgan fingerprint density at radius 2 is 1.96 bits per heavy atom. The number of benzene rings is 1. The summed E-state index contributed by atoms with van der Waals surface area (Å²) >= 11 is 0. The highest BCUT2D eigenvalue weighted by Crippen LogP contribution is 2.51. The van der Waals surface area contributed by atoms with Gasteiger partial charge < -0.3 is 14.9 Å². The second-order valence-corrected chi connectivity index (χ2v) is 7.94. The number of hydrogen-bond acceptors (Lipinski definition) is 3. The van der Waals surface area contributed by atoms with E-state index in [9.17, 15) is 9.90 Å². The third-order valence-electron chi connectivity index (χ3n) is 5.77. The second-order valence-electron chi connectivity index (χ2n) is 7.94. The van der Waals surface area contributed by atoms with Crippen LogP contribution in [0, 0.1) is 5.92 Å². The molecule has 0 saturated carbocycles. The van der Waals surface area contributed by atoms with Crippen molar-refractivity contribution in [2.45, 2.75) is 70.6 Å². The smallest absolute Gasteiger partial charge is 0.303 e. The largest absolute Gasteiger partial charge is 0.507 e. The van der Waals surface area contributed by atoms with Crippen LogP contribution in [0.25, 0.3) is 0 Å².